The van der Waals surface area contributed by atoms with Gasteiger partial charge in [0.25, 0.3) is 0 Å². The molecule has 0 saturated carbocycles. The summed E-state index contributed by atoms with van der Waals surface area (Å²) in [6, 6.07) is 17.0. The number of aromatic nitrogens is 2. The predicted octanol–water partition coefficient (Wildman–Crippen LogP) is -3.02. The van der Waals surface area contributed by atoms with Gasteiger partial charge in [-0.2, -0.15) is 0 Å². The molecule has 0 aliphatic rings. The van der Waals surface area contributed by atoms with Crippen LogP contribution in [0.3, 0.4) is 0 Å². The van der Waals surface area contributed by atoms with Gasteiger partial charge in [-0.1, -0.05) is 12.1 Å². The molecule has 3 rings (SSSR count). The van der Waals surface area contributed by atoms with Gasteiger partial charge in [0, 0.05) is 35.4 Å². The fourth-order valence-electron chi connectivity index (χ4n) is 2.75. The summed E-state index contributed by atoms with van der Waals surface area (Å²) in [6.07, 6.45) is 8.45. The van der Waals surface area contributed by atoms with E-state index in [1.165, 1.54) is 22.3 Å². The quantitative estimate of drug-likeness (QED) is 0.438. The molecule has 0 spiro atoms. The second-order valence-electron chi connectivity index (χ2n) is 5.80. The molecule has 0 unspecified atom stereocenters. The Kier molecular flexibility index (Phi) is 7.90. The van der Waals surface area contributed by atoms with Gasteiger partial charge < -0.3 is 24.8 Å². The monoisotopic (exact) mass is 360 g/mol. The zero-order chi connectivity index (χ0) is 15.4. The van der Waals surface area contributed by atoms with Crippen molar-refractivity contribution in [3.8, 4) is 0 Å². The summed E-state index contributed by atoms with van der Waals surface area (Å²) in [4.78, 5) is 0. The second-order valence-corrected chi connectivity index (χ2v) is 5.80. The smallest absolute Gasteiger partial charge is 0.174 e. The SMILES string of the molecule is Cc1cc(C[n+]2ccccc2)c(C)cc1C[n+]1ccccc1.[Cl-].[Cl-]. The molecular weight excluding hydrogens is 339 g/mol. The average Bonchev–Trinajstić information content (AvgIpc) is 2.54. The van der Waals surface area contributed by atoms with Crippen LogP contribution in [0.25, 0.3) is 0 Å². The van der Waals surface area contributed by atoms with Crippen LogP contribution in [0.15, 0.2) is 73.3 Å². The highest BCUT2D eigenvalue weighted by atomic mass is 35.5. The summed E-state index contributed by atoms with van der Waals surface area (Å²) >= 11 is 0. The minimum Gasteiger partial charge on any atom is -1.00 e. The van der Waals surface area contributed by atoms with E-state index < -0.39 is 0 Å². The fraction of sp³-hybridized carbons (Fsp3) is 0.200. The van der Waals surface area contributed by atoms with Gasteiger partial charge in [0.1, 0.15) is 0 Å². The Labute approximate surface area is 156 Å². The van der Waals surface area contributed by atoms with E-state index in [0.717, 1.165) is 13.1 Å². The zero-order valence-electron chi connectivity index (χ0n) is 14.0. The molecule has 0 amide bonds. The Bertz CT molecular complexity index is 692. The van der Waals surface area contributed by atoms with Crippen LogP contribution in [-0.2, 0) is 13.1 Å². The van der Waals surface area contributed by atoms with Crippen LogP contribution in [0.4, 0.5) is 0 Å². The fourth-order valence-corrected chi connectivity index (χ4v) is 2.75. The Balaban J connectivity index is 0.00000144. The highest BCUT2D eigenvalue weighted by molar-refractivity contribution is 5.36. The number of benzene rings is 1. The van der Waals surface area contributed by atoms with E-state index in [1.807, 2.05) is 0 Å². The molecule has 2 nitrogen and oxygen atoms in total. The standard InChI is InChI=1S/C20H22N2.2ClH/c1-17-13-20(16-22-11-7-4-8-12-22)18(2)14-19(17)15-21-9-5-3-6-10-21;;/h3-14H,15-16H2,1-2H3;2*1H/q+2;;/p-2. The summed E-state index contributed by atoms with van der Waals surface area (Å²) in [5.41, 5.74) is 5.48. The maximum atomic E-state index is 2.33. The maximum Gasteiger partial charge on any atom is 0.174 e. The minimum absolute atomic E-state index is 0. The van der Waals surface area contributed by atoms with Crippen molar-refractivity contribution >= 4 is 0 Å². The van der Waals surface area contributed by atoms with Gasteiger partial charge in [0.05, 0.1) is 0 Å². The van der Waals surface area contributed by atoms with Crippen LogP contribution in [0.1, 0.15) is 22.3 Å². The van der Waals surface area contributed by atoms with Crippen molar-refractivity contribution in [2.24, 2.45) is 0 Å². The number of nitrogens with zero attached hydrogens (tertiary/aromatic N) is 2. The lowest BCUT2D eigenvalue weighted by Crippen LogP contribution is -3.00. The largest absolute Gasteiger partial charge is 1.00 e. The number of aryl methyl sites for hydroxylation is 2. The first kappa shape index (κ1) is 20.1. The lowest BCUT2D eigenvalue weighted by molar-refractivity contribution is -0.689. The van der Waals surface area contributed by atoms with E-state index in [2.05, 4.69) is 96.3 Å². The van der Waals surface area contributed by atoms with Crippen molar-refractivity contribution in [3.05, 3.63) is 95.6 Å². The average molecular weight is 361 g/mol. The second kappa shape index (κ2) is 9.41. The molecular formula is C20H22Cl2N2. The third-order valence-electron chi connectivity index (χ3n) is 4.05. The van der Waals surface area contributed by atoms with E-state index in [4.69, 9.17) is 0 Å². The predicted molar refractivity (Wildman–Crippen MR) is 87.4 cm³/mol. The molecule has 3 aromatic rings. The summed E-state index contributed by atoms with van der Waals surface area (Å²) in [5.74, 6) is 0. The minimum atomic E-state index is 0. The van der Waals surface area contributed by atoms with Gasteiger partial charge in [0.15, 0.2) is 37.9 Å². The molecule has 0 N–H and O–H groups in total. The van der Waals surface area contributed by atoms with Gasteiger partial charge in [-0.25, -0.2) is 9.13 Å². The van der Waals surface area contributed by atoms with Crippen molar-refractivity contribution in [3.63, 3.8) is 0 Å². The molecule has 0 saturated heterocycles. The molecule has 24 heavy (non-hydrogen) atoms. The molecule has 2 aromatic heterocycles. The molecule has 0 bridgehead atoms. The van der Waals surface area contributed by atoms with Gasteiger partial charge in [-0.15, -0.1) is 0 Å². The summed E-state index contributed by atoms with van der Waals surface area (Å²) in [5, 5.41) is 0. The Morgan fingerprint density at radius 2 is 0.917 bits per heavy atom. The maximum absolute atomic E-state index is 2.33. The number of halogens is 2. The van der Waals surface area contributed by atoms with E-state index in [9.17, 15) is 0 Å². The Hall–Kier alpha value is -1.90. The topological polar surface area (TPSA) is 7.76 Å². The van der Waals surface area contributed by atoms with Crippen molar-refractivity contribution in [2.75, 3.05) is 0 Å². The van der Waals surface area contributed by atoms with Gasteiger partial charge in [-0.3, -0.25) is 0 Å². The van der Waals surface area contributed by atoms with Crippen LogP contribution >= 0.6 is 0 Å². The van der Waals surface area contributed by atoms with Crippen LogP contribution in [0.5, 0.6) is 0 Å². The van der Waals surface area contributed by atoms with E-state index in [1.54, 1.807) is 0 Å². The molecule has 4 heteroatoms. The number of rotatable bonds is 4. The van der Waals surface area contributed by atoms with Gasteiger partial charge in [-0.05, 0) is 37.1 Å². The van der Waals surface area contributed by atoms with Crippen LogP contribution in [0.2, 0.25) is 0 Å². The van der Waals surface area contributed by atoms with Gasteiger partial charge >= 0.3 is 0 Å². The molecule has 126 valence electrons. The lowest BCUT2D eigenvalue weighted by atomic mass is 9.99. The first-order chi connectivity index (χ1) is 10.7. The first-order valence-electron chi connectivity index (χ1n) is 7.69. The number of hydrogen-bond acceptors (Lipinski definition) is 0. The van der Waals surface area contributed by atoms with Crippen molar-refractivity contribution in [2.45, 2.75) is 26.9 Å². The van der Waals surface area contributed by atoms with Crippen LogP contribution in [-0.4, -0.2) is 0 Å². The molecule has 0 aliphatic heterocycles. The van der Waals surface area contributed by atoms with Crippen LogP contribution < -0.4 is 33.9 Å². The van der Waals surface area contributed by atoms with Gasteiger partial charge in [0.2, 0.25) is 0 Å². The molecule has 2 heterocycles. The molecule has 0 atom stereocenters. The Morgan fingerprint density at radius 1 is 0.583 bits per heavy atom. The van der Waals surface area contributed by atoms with E-state index in [0.29, 0.717) is 0 Å². The molecule has 1 aromatic carbocycles. The highest BCUT2D eigenvalue weighted by Crippen LogP contribution is 2.16. The first-order valence-corrected chi connectivity index (χ1v) is 7.69. The van der Waals surface area contributed by atoms with E-state index in [-0.39, 0.29) is 24.8 Å². The molecule has 0 radical (unpaired) electrons. The summed E-state index contributed by atoms with van der Waals surface area (Å²) in [6.45, 7) is 6.26. The van der Waals surface area contributed by atoms with Crippen LogP contribution in [0, 0.1) is 13.8 Å². The van der Waals surface area contributed by atoms with Crippen molar-refractivity contribution < 1.29 is 33.9 Å². The Morgan fingerprint density at radius 3 is 1.25 bits per heavy atom. The van der Waals surface area contributed by atoms with Crippen molar-refractivity contribution in [1.82, 2.24) is 0 Å². The highest BCUT2D eigenvalue weighted by Gasteiger charge is 2.11. The zero-order valence-corrected chi connectivity index (χ0v) is 15.5. The number of pyridine rings is 2. The van der Waals surface area contributed by atoms with E-state index >= 15 is 0 Å². The summed E-state index contributed by atoms with van der Waals surface area (Å²) in [7, 11) is 0. The number of hydrogen-bond donors (Lipinski definition) is 0. The molecule has 0 aliphatic carbocycles. The third kappa shape index (κ3) is 5.05. The third-order valence-corrected chi connectivity index (χ3v) is 4.05. The molecule has 0 fully saturated rings. The lowest BCUT2D eigenvalue weighted by Gasteiger charge is -2.09. The normalized spacial score (nSPS) is 9.75. The van der Waals surface area contributed by atoms with Crippen molar-refractivity contribution in [1.29, 1.82) is 0 Å². The summed E-state index contributed by atoms with van der Waals surface area (Å²) < 4.78 is 4.43.